The fourth-order valence-corrected chi connectivity index (χ4v) is 0.825. The Balaban J connectivity index is 0.00000144. The zero-order valence-electron chi connectivity index (χ0n) is 6.90. The topological polar surface area (TPSA) is 50.1 Å². The molecule has 1 rings (SSSR count). The molecule has 0 spiro atoms. The number of benzene rings is 1. The highest BCUT2D eigenvalue weighted by molar-refractivity contribution is 8.93. The minimum absolute atomic E-state index is 0. The highest BCUT2D eigenvalue weighted by Crippen LogP contribution is 1.99. The third-order valence-corrected chi connectivity index (χ3v) is 1.39. The summed E-state index contributed by atoms with van der Waals surface area (Å²) in [5.41, 5.74) is 0.611. The summed E-state index contributed by atoms with van der Waals surface area (Å²) in [5, 5.41) is 6.56. The van der Waals surface area contributed by atoms with Gasteiger partial charge in [0.25, 0.3) is 0 Å². The first-order chi connectivity index (χ1) is 5.84. The van der Waals surface area contributed by atoms with Crippen molar-refractivity contribution in [3.63, 3.8) is 0 Å². The van der Waals surface area contributed by atoms with Gasteiger partial charge >= 0.3 is 0 Å². The van der Waals surface area contributed by atoms with Crippen LogP contribution in [0.15, 0.2) is 30.3 Å². The van der Waals surface area contributed by atoms with Gasteiger partial charge in [0.2, 0.25) is 0 Å². The van der Waals surface area contributed by atoms with E-state index in [1.165, 1.54) is 0 Å². The van der Waals surface area contributed by atoms with E-state index in [0.29, 0.717) is 5.56 Å². The largest absolute Gasteiger partial charge is 0.476 e. The number of carbonyl (C=O) groups is 1. The van der Waals surface area contributed by atoms with Crippen LogP contribution in [0.25, 0.3) is 0 Å². The molecule has 0 aromatic heterocycles. The van der Waals surface area contributed by atoms with E-state index in [1.54, 1.807) is 24.3 Å². The van der Waals surface area contributed by atoms with Gasteiger partial charge in [-0.15, -0.1) is 17.0 Å². The number of ketones is 1. The Kier molecular flexibility index (Phi) is 5.80. The van der Waals surface area contributed by atoms with E-state index in [0.717, 1.165) is 6.40 Å². The van der Waals surface area contributed by atoms with Crippen LogP contribution in [0, 0.1) is 5.41 Å². The van der Waals surface area contributed by atoms with Crippen molar-refractivity contribution in [2.24, 2.45) is 0 Å². The highest BCUT2D eigenvalue weighted by atomic mass is 79.9. The second-order valence-corrected chi connectivity index (χ2v) is 2.22. The van der Waals surface area contributed by atoms with E-state index >= 15 is 0 Å². The normalized spacial score (nSPS) is 8.31. The Bertz CT molecular complexity index is 274. The van der Waals surface area contributed by atoms with Gasteiger partial charge in [-0.1, -0.05) is 30.3 Å². The Morgan fingerprint density at radius 1 is 1.38 bits per heavy atom. The number of hydrogen-bond acceptors (Lipinski definition) is 3. The second kappa shape index (κ2) is 6.37. The highest BCUT2D eigenvalue weighted by Gasteiger charge is 2.03. The lowest BCUT2D eigenvalue weighted by atomic mass is 10.1. The van der Waals surface area contributed by atoms with Gasteiger partial charge in [-0.3, -0.25) is 10.2 Å². The Labute approximate surface area is 87.0 Å². The molecule has 0 bridgehead atoms. The van der Waals surface area contributed by atoms with Gasteiger partial charge in [-0.25, -0.2) is 0 Å². The molecular formula is C9H10BrNO2. The molecule has 0 saturated carbocycles. The first-order valence-corrected chi connectivity index (χ1v) is 3.53. The summed E-state index contributed by atoms with van der Waals surface area (Å²) in [6.45, 7) is -0.0620. The molecule has 1 aromatic rings. The van der Waals surface area contributed by atoms with Crippen LogP contribution >= 0.6 is 17.0 Å². The third kappa shape index (κ3) is 3.85. The average Bonchev–Trinajstić information content (AvgIpc) is 2.15. The lowest BCUT2D eigenvalue weighted by molar-refractivity contribution is 0.0918. The molecule has 0 unspecified atom stereocenters. The van der Waals surface area contributed by atoms with Crippen LogP contribution in [0.1, 0.15) is 10.4 Å². The lowest BCUT2D eigenvalue weighted by Crippen LogP contribution is -2.07. The van der Waals surface area contributed by atoms with E-state index in [2.05, 4.69) is 4.74 Å². The standard InChI is InChI=1S/C9H9NO2.BrH/c10-7-12-6-9(11)8-4-2-1-3-5-8;/h1-5,7,10H,6H2;1H. The number of ether oxygens (including phenoxy) is 1. The summed E-state index contributed by atoms with van der Waals surface area (Å²) >= 11 is 0. The minimum Gasteiger partial charge on any atom is -0.476 e. The number of halogens is 1. The summed E-state index contributed by atoms with van der Waals surface area (Å²) in [6.07, 6.45) is 0.765. The summed E-state index contributed by atoms with van der Waals surface area (Å²) in [4.78, 5) is 11.2. The summed E-state index contributed by atoms with van der Waals surface area (Å²) < 4.78 is 4.54. The molecule has 0 fully saturated rings. The van der Waals surface area contributed by atoms with Crippen molar-refractivity contribution in [1.29, 1.82) is 5.41 Å². The minimum atomic E-state index is -0.112. The van der Waals surface area contributed by atoms with Crippen LogP contribution in [-0.2, 0) is 4.74 Å². The molecule has 4 heteroatoms. The molecule has 1 aromatic carbocycles. The fourth-order valence-electron chi connectivity index (χ4n) is 0.825. The van der Waals surface area contributed by atoms with Gasteiger partial charge in [0.05, 0.1) is 0 Å². The smallest absolute Gasteiger partial charge is 0.200 e. The van der Waals surface area contributed by atoms with Crippen LogP contribution in [0.4, 0.5) is 0 Å². The molecule has 3 nitrogen and oxygen atoms in total. The van der Waals surface area contributed by atoms with Crippen LogP contribution in [0.3, 0.4) is 0 Å². The fraction of sp³-hybridized carbons (Fsp3) is 0.111. The van der Waals surface area contributed by atoms with E-state index in [-0.39, 0.29) is 29.4 Å². The number of Topliss-reactive ketones (excluding diaryl/α,β-unsaturated/α-hetero) is 1. The quantitative estimate of drug-likeness (QED) is 0.500. The molecule has 0 aliphatic rings. The van der Waals surface area contributed by atoms with Crippen LogP contribution in [0.5, 0.6) is 0 Å². The molecule has 0 aliphatic carbocycles. The van der Waals surface area contributed by atoms with Crippen LogP contribution in [-0.4, -0.2) is 18.8 Å². The number of hydrogen-bond donors (Lipinski definition) is 1. The van der Waals surface area contributed by atoms with Gasteiger partial charge < -0.3 is 4.74 Å². The Hall–Kier alpha value is -1.16. The van der Waals surface area contributed by atoms with Gasteiger partial charge in [0.15, 0.2) is 18.8 Å². The first kappa shape index (κ1) is 11.8. The van der Waals surface area contributed by atoms with Crippen molar-refractivity contribution in [1.82, 2.24) is 0 Å². The van der Waals surface area contributed by atoms with Crippen molar-refractivity contribution >= 4 is 29.2 Å². The van der Waals surface area contributed by atoms with Crippen molar-refractivity contribution in [3.05, 3.63) is 35.9 Å². The number of carbonyl (C=O) groups excluding carboxylic acids is 1. The molecule has 0 amide bonds. The second-order valence-electron chi connectivity index (χ2n) is 2.22. The zero-order chi connectivity index (χ0) is 8.81. The van der Waals surface area contributed by atoms with Crippen molar-refractivity contribution in [3.8, 4) is 0 Å². The number of rotatable bonds is 4. The van der Waals surface area contributed by atoms with Gasteiger partial charge in [0, 0.05) is 5.56 Å². The molecule has 0 atom stereocenters. The Morgan fingerprint density at radius 2 is 2.00 bits per heavy atom. The predicted octanol–water partition coefficient (Wildman–Crippen LogP) is 2.07. The first-order valence-electron chi connectivity index (χ1n) is 3.53. The van der Waals surface area contributed by atoms with Crippen molar-refractivity contribution in [2.75, 3.05) is 6.61 Å². The summed E-state index contributed by atoms with van der Waals surface area (Å²) in [6, 6.07) is 8.86. The third-order valence-electron chi connectivity index (χ3n) is 1.39. The maximum Gasteiger partial charge on any atom is 0.200 e. The monoisotopic (exact) mass is 243 g/mol. The van der Waals surface area contributed by atoms with Gasteiger partial charge in [-0.2, -0.15) is 0 Å². The summed E-state index contributed by atoms with van der Waals surface area (Å²) in [5.74, 6) is -0.112. The molecule has 0 radical (unpaired) electrons. The van der Waals surface area contributed by atoms with E-state index in [4.69, 9.17) is 5.41 Å². The Morgan fingerprint density at radius 3 is 2.54 bits per heavy atom. The van der Waals surface area contributed by atoms with E-state index < -0.39 is 0 Å². The number of nitrogens with one attached hydrogen (secondary N) is 1. The van der Waals surface area contributed by atoms with Crippen LogP contribution in [0.2, 0.25) is 0 Å². The van der Waals surface area contributed by atoms with Gasteiger partial charge in [0.1, 0.15) is 0 Å². The molecular weight excluding hydrogens is 234 g/mol. The molecule has 0 saturated heterocycles. The average molecular weight is 244 g/mol. The maximum absolute atomic E-state index is 11.2. The maximum atomic E-state index is 11.2. The van der Waals surface area contributed by atoms with Crippen LogP contribution < -0.4 is 0 Å². The molecule has 0 aliphatic heterocycles. The SMILES string of the molecule is Br.N=COCC(=O)c1ccccc1. The van der Waals surface area contributed by atoms with E-state index in [1.807, 2.05) is 6.07 Å². The zero-order valence-corrected chi connectivity index (χ0v) is 8.61. The van der Waals surface area contributed by atoms with Crippen molar-refractivity contribution in [2.45, 2.75) is 0 Å². The van der Waals surface area contributed by atoms with Crippen molar-refractivity contribution < 1.29 is 9.53 Å². The summed E-state index contributed by atoms with van der Waals surface area (Å²) in [7, 11) is 0. The molecule has 13 heavy (non-hydrogen) atoms. The van der Waals surface area contributed by atoms with E-state index in [9.17, 15) is 4.79 Å². The molecule has 1 N–H and O–H groups in total. The molecule has 0 heterocycles. The molecule has 70 valence electrons. The predicted molar refractivity (Wildman–Crippen MR) is 55.8 cm³/mol. The van der Waals surface area contributed by atoms with Gasteiger partial charge in [-0.05, 0) is 0 Å². The lowest BCUT2D eigenvalue weighted by Gasteiger charge is -1.98.